The molecule has 0 radical (unpaired) electrons. The summed E-state index contributed by atoms with van der Waals surface area (Å²) in [6.07, 6.45) is 0.842. The van der Waals surface area contributed by atoms with Crippen molar-refractivity contribution >= 4 is 11.6 Å². The monoisotopic (exact) mass is 375 g/mol. The topological polar surface area (TPSA) is 67.6 Å². The van der Waals surface area contributed by atoms with Gasteiger partial charge in [-0.2, -0.15) is 0 Å². The molecule has 0 bridgehead atoms. The average Bonchev–Trinajstić information content (AvgIpc) is 3.14. The van der Waals surface area contributed by atoms with Crippen molar-refractivity contribution in [1.29, 1.82) is 0 Å². The van der Waals surface area contributed by atoms with Crippen molar-refractivity contribution in [2.75, 3.05) is 37.7 Å². The van der Waals surface area contributed by atoms with Crippen LogP contribution in [0, 0.1) is 17.6 Å². The molecular formula is C20H23F2N3O2. The lowest BCUT2D eigenvalue weighted by Crippen LogP contribution is -2.31. The number of carbonyl (C=O) groups excluding carboxylic acids is 1. The Bertz CT molecular complexity index is 801. The van der Waals surface area contributed by atoms with E-state index in [4.69, 9.17) is 10.5 Å². The minimum absolute atomic E-state index is 0.146. The van der Waals surface area contributed by atoms with Crippen molar-refractivity contribution in [2.24, 2.45) is 11.7 Å². The van der Waals surface area contributed by atoms with Crippen LogP contribution >= 0.6 is 0 Å². The van der Waals surface area contributed by atoms with E-state index in [1.165, 1.54) is 18.2 Å². The van der Waals surface area contributed by atoms with E-state index in [-0.39, 0.29) is 23.9 Å². The van der Waals surface area contributed by atoms with Gasteiger partial charge in [-0.05, 0) is 42.7 Å². The number of carbonyl (C=O) groups is 1. The quantitative estimate of drug-likeness (QED) is 0.781. The highest BCUT2D eigenvalue weighted by Crippen LogP contribution is 2.26. The molecule has 27 heavy (non-hydrogen) atoms. The lowest BCUT2D eigenvalue weighted by atomic mass is 10.1. The summed E-state index contributed by atoms with van der Waals surface area (Å²) in [5, 5.41) is 2.83. The number of hydrogen-bond acceptors (Lipinski definition) is 4. The van der Waals surface area contributed by atoms with Crippen molar-refractivity contribution in [3.8, 4) is 5.75 Å². The van der Waals surface area contributed by atoms with Crippen molar-refractivity contribution in [2.45, 2.75) is 6.42 Å². The predicted molar refractivity (Wildman–Crippen MR) is 100 cm³/mol. The molecule has 1 aliphatic heterocycles. The molecule has 1 aliphatic rings. The number of rotatable bonds is 7. The second-order valence-electron chi connectivity index (χ2n) is 6.54. The lowest BCUT2D eigenvalue weighted by molar-refractivity contribution is 0.0943. The molecule has 5 nitrogen and oxygen atoms in total. The van der Waals surface area contributed by atoms with Crippen LogP contribution in [0.3, 0.4) is 0 Å². The Balaban J connectivity index is 1.59. The third-order valence-electron chi connectivity index (χ3n) is 4.59. The molecule has 1 amide bonds. The van der Waals surface area contributed by atoms with Gasteiger partial charge in [0, 0.05) is 26.2 Å². The molecule has 0 spiro atoms. The number of hydrogen-bond donors (Lipinski definition) is 2. The van der Waals surface area contributed by atoms with E-state index in [1.54, 1.807) is 18.2 Å². The zero-order chi connectivity index (χ0) is 19.2. The Morgan fingerprint density at radius 1 is 1.26 bits per heavy atom. The molecule has 3 N–H and O–H groups in total. The Morgan fingerprint density at radius 2 is 2.07 bits per heavy atom. The first kappa shape index (κ1) is 19.1. The molecule has 1 atom stereocenters. The highest BCUT2D eigenvalue weighted by molar-refractivity contribution is 5.96. The molecule has 0 aromatic heterocycles. The van der Waals surface area contributed by atoms with Gasteiger partial charge in [-0.15, -0.1) is 0 Å². The fraction of sp³-hybridized carbons (Fsp3) is 0.350. The van der Waals surface area contributed by atoms with Gasteiger partial charge in [-0.1, -0.05) is 12.1 Å². The van der Waals surface area contributed by atoms with Crippen LogP contribution in [-0.2, 0) is 0 Å². The number of nitrogens with zero attached hydrogens (tertiary/aromatic N) is 1. The maximum Gasteiger partial charge on any atom is 0.255 e. The molecule has 144 valence electrons. The SMILES string of the molecule is NCCOc1ccc(F)cc1C(=O)NCC1CCN(c2ccccc2F)C1. The Morgan fingerprint density at radius 3 is 2.85 bits per heavy atom. The van der Waals surface area contributed by atoms with Crippen LogP contribution in [-0.4, -0.2) is 38.7 Å². The van der Waals surface area contributed by atoms with Crippen molar-refractivity contribution in [3.63, 3.8) is 0 Å². The average molecular weight is 375 g/mol. The van der Waals surface area contributed by atoms with Gasteiger partial charge in [-0.25, -0.2) is 8.78 Å². The van der Waals surface area contributed by atoms with E-state index >= 15 is 0 Å². The van der Waals surface area contributed by atoms with E-state index in [1.807, 2.05) is 4.90 Å². The Hall–Kier alpha value is -2.67. The summed E-state index contributed by atoms with van der Waals surface area (Å²) in [4.78, 5) is 14.5. The zero-order valence-electron chi connectivity index (χ0n) is 15.0. The maximum atomic E-state index is 13.9. The molecule has 2 aromatic carbocycles. The first-order valence-electron chi connectivity index (χ1n) is 8.98. The first-order valence-corrected chi connectivity index (χ1v) is 8.98. The molecule has 1 fully saturated rings. The summed E-state index contributed by atoms with van der Waals surface area (Å²) < 4.78 is 32.9. The largest absolute Gasteiger partial charge is 0.491 e. The molecule has 1 saturated heterocycles. The number of anilines is 1. The van der Waals surface area contributed by atoms with Gasteiger partial charge in [0.2, 0.25) is 0 Å². The van der Waals surface area contributed by atoms with Gasteiger partial charge in [0.05, 0.1) is 11.3 Å². The molecular weight excluding hydrogens is 352 g/mol. The summed E-state index contributed by atoms with van der Waals surface area (Å²) in [5.41, 5.74) is 6.14. The number of halogens is 2. The van der Waals surface area contributed by atoms with Crippen LogP contribution in [0.5, 0.6) is 5.75 Å². The van der Waals surface area contributed by atoms with Crippen LogP contribution in [0.2, 0.25) is 0 Å². The van der Waals surface area contributed by atoms with Crippen LogP contribution in [0.1, 0.15) is 16.8 Å². The summed E-state index contributed by atoms with van der Waals surface area (Å²) in [6.45, 7) is 2.35. The Kier molecular flexibility index (Phi) is 6.24. The highest BCUT2D eigenvalue weighted by atomic mass is 19.1. The fourth-order valence-corrected chi connectivity index (χ4v) is 3.23. The van der Waals surface area contributed by atoms with Gasteiger partial charge >= 0.3 is 0 Å². The minimum atomic E-state index is -0.508. The van der Waals surface area contributed by atoms with Crippen LogP contribution < -0.4 is 20.7 Å². The molecule has 1 unspecified atom stereocenters. The summed E-state index contributed by atoms with van der Waals surface area (Å²) >= 11 is 0. The molecule has 2 aromatic rings. The third-order valence-corrected chi connectivity index (χ3v) is 4.59. The predicted octanol–water partition coefficient (Wildman–Crippen LogP) is 2.56. The number of amides is 1. The van der Waals surface area contributed by atoms with E-state index < -0.39 is 11.7 Å². The van der Waals surface area contributed by atoms with Gasteiger partial charge < -0.3 is 20.7 Å². The molecule has 0 aliphatic carbocycles. The van der Waals surface area contributed by atoms with Crippen molar-refractivity contribution in [3.05, 3.63) is 59.7 Å². The lowest BCUT2D eigenvalue weighted by Gasteiger charge is -2.19. The van der Waals surface area contributed by atoms with Crippen LogP contribution in [0.15, 0.2) is 42.5 Å². The molecule has 1 heterocycles. The number of ether oxygens (including phenoxy) is 1. The van der Waals surface area contributed by atoms with E-state index in [0.29, 0.717) is 31.1 Å². The fourth-order valence-electron chi connectivity index (χ4n) is 3.23. The first-order chi connectivity index (χ1) is 13.1. The number of nitrogens with one attached hydrogen (secondary N) is 1. The number of benzene rings is 2. The minimum Gasteiger partial charge on any atom is -0.491 e. The summed E-state index contributed by atoms with van der Waals surface area (Å²) in [5.74, 6) is -0.657. The van der Waals surface area contributed by atoms with Crippen LogP contribution in [0.4, 0.5) is 14.5 Å². The van der Waals surface area contributed by atoms with E-state index in [2.05, 4.69) is 5.32 Å². The second kappa shape index (κ2) is 8.81. The normalized spacial score (nSPS) is 16.4. The van der Waals surface area contributed by atoms with Gasteiger partial charge in [0.1, 0.15) is 24.0 Å². The van der Waals surface area contributed by atoms with Crippen molar-refractivity contribution < 1.29 is 18.3 Å². The van der Waals surface area contributed by atoms with Crippen LogP contribution in [0.25, 0.3) is 0 Å². The highest BCUT2D eigenvalue weighted by Gasteiger charge is 2.25. The second-order valence-corrected chi connectivity index (χ2v) is 6.54. The zero-order valence-corrected chi connectivity index (χ0v) is 15.0. The smallest absolute Gasteiger partial charge is 0.255 e. The standard InChI is InChI=1S/C20H23F2N3O2/c21-15-5-6-19(27-10-8-23)16(11-15)20(26)24-12-14-7-9-25(13-14)18-4-2-1-3-17(18)22/h1-6,11,14H,7-10,12-13,23H2,(H,24,26). The maximum absolute atomic E-state index is 13.9. The third kappa shape index (κ3) is 4.74. The number of nitrogens with two attached hydrogens (primary N) is 1. The molecule has 3 rings (SSSR count). The molecule has 0 saturated carbocycles. The van der Waals surface area contributed by atoms with E-state index in [9.17, 15) is 13.6 Å². The molecule has 7 heteroatoms. The summed E-state index contributed by atoms with van der Waals surface area (Å²) in [7, 11) is 0. The summed E-state index contributed by atoms with van der Waals surface area (Å²) in [6, 6.07) is 10.5. The van der Waals surface area contributed by atoms with Crippen molar-refractivity contribution in [1.82, 2.24) is 5.32 Å². The number of para-hydroxylation sites is 1. The van der Waals surface area contributed by atoms with Gasteiger partial charge in [-0.3, -0.25) is 4.79 Å². The van der Waals surface area contributed by atoms with Gasteiger partial charge in [0.25, 0.3) is 5.91 Å². The van der Waals surface area contributed by atoms with E-state index in [0.717, 1.165) is 19.0 Å². The Labute approximate surface area is 157 Å². The van der Waals surface area contributed by atoms with Gasteiger partial charge in [0.15, 0.2) is 0 Å².